The van der Waals surface area contributed by atoms with Gasteiger partial charge in [0.25, 0.3) is 0 Å². The van der Waals surface area contributed by atoms with E-state index in [-0.39, 0.29) is 30.0 Å². The van der Waals surface area contributed by atoms with Gasteiger partial charge in [-0.1, -0.05) is 6.07 Å². The number of nitrogens with zero attached hydrogens (tertiary/aromatic N) is 4. The first kappa shape index (κ1) is 26.4. The van der Waals surface area contributed by atoms with E-state index in [1.165, 1.54) is 11.3 Å². The predicted molar refractivity (Wildman–Crippen MR) is 142 cm³/mol. The van der Waals surface area contributed by atoms with Crippen molar-refractivity contribution >= 4 is 29.9 Å². The fourth-order valence-corrected chi connectivity index (χ4v) is 3.42. The molecule has 3 aromatic rings. The molecule has 0 saturated heterocycles. The molecule has 2 N–H and O–H groups in total. The van der Waals surface area contributed by atoms with E-state index in [1.807, 2.05) is 48.1 Å². The number of methoxy groups -OCH3 is 1. The number of guanidine groups is 1. The average molecular weight is 564 g/mol. The molecule has 1 aromatic carbocycles. The minimum absolute atomic E-state index is 0. The van der Waals surface area contributed by atoms with E-state index in [2.05, 4.69) is 46.5 Å². The van der Waals surface area contributed by atoms with Crippen LogP contribution in [0.2, 0.25) is 0 Å². The highest BCUT2D eigenvalue weighted by Crippen LogP contribution is 2.22. The highest BCUT2D eigenvalue weighted by atomic mass is 127. The summed E-state index contributed by atoms with van der Waals surface area (Å²) >= 11 is 0. The number of rotatable bonds is 8. The van der Waals surface area contributed by atoms with Crippen molar-refractivity contribution in [1.29, 1.82) is 0 Å². The third kappa shape index (κ3) is 7.34. The number of pyridine rings is 1. The van der Waals surface area contributed by atoms with Crippen molar-refractivity contribution in [1.82, 2.24) is 25.4 Å². The van der Waals surface area contributed by atoms with Gasteiger partial charge in [-0.2, -0.15) is 5.10 Å². The van der Waals surface area contributed by atoms with Crippen molar-refractivity contribution in [2.75, 3.05) is 14.2 Å². The van der Waals surface area contributed by atoms with Crippen molar-refractivity contribution in [2.24, 2.45) is 12.0 Å². The molecule has 0 radical (unpaired) electrons. The molecule has 0 saturated carbocycles. The van der Waals surface area contributed by atoms with Gasteiger partial charge in [-0.05, 0) is 62.6 Å². The van der Waals surface area contributed by atoms with Crippen LogP contribution < -0.4 is 20.1 Å². The summed E-state index contributed by atoms with van der Waals surface area (Å²) < 4.78 is 12.9. The molecule has 0 aliphatic rings. The maximum absolute atomic E-state index is 5.78. The Morgan fingerprint density at radius 2 is 1.82 bits per heavy atom. The molecule has 3 rings (SSSR count). The van der Waals surface area contributed by atoms with E-state index in [0.29, 0.717) is 18.2 Å². The zero-order chi connectivity index (χ0) is 23.1. The minimum atomic E-state index is 0. The summed E-state index contributed by atoms with van der Waals surface area (Å²) in [4.78, 5) is 8.74. The fraction of sp³-hybridized carbons (Fsp3) is 0.375. The molecule has 0 amide bonds. The second kappa shape index (κ2) is 12.4. The van der Waals surface area contributed by atoms with Gasteiger partial charge in [-0.15, -0.1) is 24.0 Å². The Balaban J connectivity index is 0.00000385. The third-order valence-corrected chi connectivity index (χ3v) is 5.32. The summed E-state index contributed by atoms with van der Waals surface area (Å²) in [5.41, 5.74) is 4.58. The monoisotopic (exact) mass is 564 g/mol. The first-order valence-corrected chi connectivity index (χ1v) is 10.6. The summed E-state index contributed by atoms with van der Waals surface area (Å²) in [6.45, 7) is 6.90. The number of hydrogen-bond donors (Lipinski definition) is 2. The number of aliphatic imine (C=N–C) groups is 1. The zero-order valence-electron chi connectivity index (χ0n) is 20.0. The lowest BCUT2D eigenvalue weighted by atomic mass is 10.1. The normalized spacial score (nSPS) is 12.0. The molecule has 178 valence electrons. The van der Waals surface area contributed by atoms with E-state index in [0.717, 1.165) is 29.4 Å². The van der Waals surface area contributed by atoms with E-state index in [9.17, 15) is 0 Å². The number of hydrogen-bond acceptors (Lipinski definition) is 5. The molecule has 1 atom stereocenters. The van der Waals surface area contributed by atoms with Gasteiger partial charge in [0.05, 0.1) is 12.8 Å². The molecule has 0 spiro atoms. The molecular formula is C24H33IN6O2. The summed E-state index contributed by atoms with van der Waals surface area (Å²) in [6.07, 6.45) is 2.68. The molecule has 2 heterocycles. The Bertz CT molecular complexity index is 1050. The number of nitrogens with one attached hydrogen (secondary N) is 2. The first-order valence-electron chi connectivity index (χ1n) is 10.6. The summed E-state index contributed by atoms with van der Waals surface area (Å²) in [7, 11) is 5.39. The summed E-state index contributed by atoms with van der Waals surface area (Å²) in [5, 5.41) is 11.3. The van der Waals surface area contributed by atoms with E-state index < -0.39 is 0 Å². The van der Waals surface area contributed by atoms with Gasteiger partial charge >= 0.3 is 0 Å². The maximum Gasteiger partial charge on any atom is 0.219 e. The Morgan fingerprint density at radius 1 is 1.12 bits per heavy atom. The Hall–Kier alpha value is -2.82. The van der Waals surface area contributed by atoms with Crippen LogP contribution in [-0.2, 0) is 20.0 Å². The van der Waals surface area contributed by atoms with Crippen LogP contribution in [0.4, 0.5) is 0 Å². The van der Waals surface area contributed by atoms with Gasteiger partial charge in [0, 0.05) is 44.6 Å². The van der Waals surface area contributed by atoms with Crippen molar-refractivity contribution in [2.45, 2.75) is 39.8 Å². The summed E-state index contributed by atoms with van der Waals surface area (Å²) in [5.74, 6) is 2.78. The second-order valence-electron chi connectivity index (χ2n) is 7.73. The van der Waals surface area contributed by atoms with Gasteiger partial charge < -0.3 is 20.1 Å². The van der Waals surface area contributed by atoms with Crippen molar-refractivity contribution < 1.29 is 9.47 Å². The molecule has 9 heteroatoms. The van der Waals surface area contributed by atoms with E-state index in [4.69, 9.17) is 9.47 Å². The van der Waals surface area contributed by atoms with Crippen LogP contribution in [0.1, 0.15) is 29.4 Å². The standard InChI is InChI=1S/C24H32N6O2.HI/c1-16(13-22-17(2)29-30(5)18(22)3)28-24(25-4)27-15-19-7-12-23(26-14-19)32-21-10-8-20(31-6)9-11-21;/h7-12,14,16H,13,15H2,1-6H3,(H2,25,27,28);1H. The van der Waals surface area contributed by atoms with Gasteiger partial charge in [-0.3, -0.25) is 9.67 Å². The Kier molecular flexibility index (Phi) is 9.95. The summed E-state index contributed by atoms with van der Waals surface area (Å²) in [6, 6.07) is 11.4. The Morgan fingerprint density at radius 3 is 2.36 bits per heavy atom. The number of halogens is 1. The van der Waals surface area contributed by atoms with Gasteiger partial charge in [0.15, 0.2) is 5.96 Å². The molecule has 0 aliphatic carbocycles. The molecule has 33 heavy (non-hydrogen) atoms. The maximum atomic E-state index is 5.78. The first-order chi connectivity index (χ1) is 15.4. The van der Waals surface area contributed by atoms with Crippen LogP contribution >= 0.6 is 24.0 Å². The van der Waals surface area contributed by atoms with Gasteiger partial charge in [0.2, 0.25) is 5.88 Å². The lowest BCUT2D eigenvalue weighted by Crippen LogP contribution is -2.42. The van der Waals surface area contributed by atoms with Crippen LogP contribution in [0.25, 0.3) is 0 Å². The van der Waals surface area contributed by atoms with Gasteiger partial charge in [-0.25, -0.2) is 4.98 Å². The quantitative estimate of drug-likeness (QED) is 0.243. The number of benzene rings is 1. The molecule has 0 bridgehead atoms. The molecule has 0 fully saturated rings. The SMILES string of the molecule is CN=C(NCc1ccc(Oc2ccc(OC)cc2)nc1)NC(C)Cc1c(C)nn(C)c1C.I. The molecule has 1 unspecified atom stereocenters. The number of aryl methyl sites for hydroxylation is 2. The molecule has 8 nitrogen and oxygen atoms in total. The average Bonchev–Trinajstić information content (AvgIpc) is 3.04. The third-order valence-electron chi connectivity index (χ3n) is 5.32. The van der Waals surface area contributed by atoms with E-state index >= 15 is 0 Å². The number of ether oxygens (including phenoxy) is 2. The molecule has 2 aromatic heterocycles. The topological polar surface area (TPSA) is 85.6 Å². The minimum Gasteiger partial charge on any atom is -0.497 e. The number of aromatic nitrogens is 3. The highest BCUT2D eigenvalue weighted by Gasteiger charge is 2.14. The molecule has 0 aliphatic heterocycles. The van der Waals surface area contributed by atoms with Crippen molar-refractivity contribution in [3.8, 4) is 17.4 Å². The highest BCUT2D eigenvalue weighted by molar-refractivity contribution is 14.0. The zero-order valence-corrected chi connectivity index (χ0v) is 22.4. The lowest BCUT2D eigenvalue weighted by Gasteiger charge is -2.18. The van der Waals surface area contributed by atoms with Crippen LogP contribution in [-0.4, -0.2) is 40.9 Å². The van der Waals surface area contributed by atoms with E-state index in [1.54, 1.807) is 20.4 Å². The second-order valence-corrected chi connectivity index (χ2v) is 7.73. The molecular weight excluding hydrogens is 531 g/mol. The predicted octanol–water partition coefficient (Wildman–Crippen LogP) is 4.15. The van der Waals surface area contributed by atoms with Crippen LogP contribution in [0.5, 0.6) is 17.4 Å². The van der Waals surface area contributed by atoms with Crippen LogP contribution in [0.15, 0.2) is 47.6 Å². The van der Waals surface area contributed by atoms with Gasteiger partial charge in [0.1, 0.15) is 11.5 Å². The fourth-order valence-electron chi connectivity index (χ4n) is 3.42. The van der Waals surface area contributed by atoms with Crippen LogP contribution in [0.3, 0.4) is 0 Å². The van der Waals surface area contributed by atoms with Crippen LogP contribution in [0, 0.1) is 13.8 Å². The smallest absolute Gasteiger partial charge is 0.219 e. The van der Waals surface area contributed by atoms with Crippen molar-refractivity contribution in [3.05, 3.63) is 65.1 Å². The largest absolute Gasteiger partial charge is 0.497 e. The Labute approximate surface area is 212 Å². The van der Waals surface area contributed by atoms with Crippen molar-refractivity contribution in [3.63, 3.8) is 0 Å². The lowest BCUT2D eigenvalue weighted by molar-refractivity contribution is 0.412.